The Hall–Kier alpha value is -1.29. The zero-order chi connectivity index (χ0) is 21.7. The Morgan fingerprint density at radius 2 is 2.10 bits per heavy atom. The molecule has 0 bridgehead atoms. The number of carbonyl (C=O) groups is 1. The Balaban J connectivity index is 1.63. The smallest absolute Gasteiger partial charge is 0.414 e. The first-order valence-electron chi connectivity index (χ1n) is 10.7. The van der Waals surface area contributed by atoms with E-state index in [4.69, 9.17) is 4.74 Å². The Bertz CT molecular complexity index is 932. The number of amides is 1. The number of thioether (sulfide) groups is 1. The lowest BCUT2D eigenvalue weighted by Gasteiger charge is -2.20. The highest BCUT2D eigenvalue weighted by Crippen LogP contribution is 2.44. The van der Waals surface area contributed by atoms with Crippen molar-refractivity contribution in [1.29, 1.82) is 0 Å². The molecule has 0 aromatic heterocycles. The Morgan fingerprint density at radius 3 is 2.70 bits per heavy atom. The molecule has 1 aliphatic carbocycles. The summed E-state index contributed by atoms with van der Waals surface area (Å²) >= 11 is 1.92. The van der Waals surface area contributed by atoms with Gasteiger partial charge >= 0.3 is 6.09 Å². The molecular formula is C21H31N3O4S2. The van der Waals surface area contributed by atoms with E-state index in [0.29, 0.717) is 28.9 Å². The highest BCUT2D eigenvalue weighted by atomic mass is 32.2. The molecule has 9 heteroatoms. The Kier molecular flexibility index (Phi) is 5.85. The minimum atomic E-state index is -3.64. The number of nitrogens with zero attached hydrogens (tertiary/aromatic N) is 1. The van der Waals surface area contributed by atoms with Crippen LogP contribution >= 0.6 is 11.8 Å². The predicted molar refractivity (Wildman–Crippen MR) is 120 cm³/mol. The zero-order valence-corrected chi connectivity index (χ0v) is 19.6. The van der Waals surface area contributed by atoms with Crippen LogP contribution in [0.3, 0.4) is 0 Å². The van der Waals surface area contributed by atoms with Crippen molar-refractivity contribution in [2.75, 3.05) is 18.1 Å². The molecule has 1 amide bonds. The van der Waals surface area contributed by atoms with E-state index in [-0.39, 0.29) is 23.0 Å². The summed E-state index contributed by atoms with van der Waals surface area (Å²) in [5.74, 6) is 0.155. The molecule has 30 heavy (non-hydrogen) atoms. The Labute approximate surface area is 183 Å². The summed E-state index contributed by atoms with van der Waals surface area (Å²) < 4.78 is 33.8. The van der Waals surface area contributed by atoms with E-state index in [9.17, 15) is 13.2 Å². The molecular weight excluding hydrogens is 422 g/mol. The fourth-order valence-electron chi connectivity index (χ4n) is 4.37. The van der Waals surface area contributed by atoms with Gasteiger partial charge in [-0.15, -0.1) is 11.8 Å². The van der Waals surface area contributed by atoms with E-state index < -0.39 is 16.1 Å². The van der Waals surface area contributed by atoms with Gasteiger partial charge in [0.25, 0.3) is 0 Å². The molecule has 1 aromatic carbocycles. The molecule has 2 heterocycles. The number of hydrogen-bond acceptors (Lipinski definition) is 6. The summed E-state index contributed by atoms with van der Waals surface area (Å²) in [5.41, 5.74) is 1.33. The Morgan fingerprint density at radius 1 is 1.37 bits per heavy atom. The second kappa shape index (κ2) is 8.00. The molecule has 0 spiro atoms. The maximum absolute atomic E-state index is 12.9. The van der Waals surface area contributed by atoms with E-state index in [0.717, 1.165) is 24.8 Å². The van der Waals surface area contributed by atoms with Crippen LogP contribution in [0, 0.1) is 0 Å². The molecule has 1 aromatic rings. The van der Waals surface area contributed by atoms with Crippen molar-refractivity contribution in [2.24, 2.45) is 0 Å². The average molecular weight is 454 g/mol. The second-order valence-electron chi connectivity index (χ2n) is 8.90. The van der Waals surface area contributed by atoms with E-state index >= 15 is 0 Å². The van der Waals surface area contributed by atoms with E-state index in [1.807, 2.05) is 24.8 Å². The van der Waals surface area contributed by atoms with Gasteiger partial charge in [-0.1, -0.05) is 6.07 Å². The number of carbonyl (C=O) groups excluding carboxylic acids is 1. The summed E-state index contributed by atoms with van der Waals surface area (Å²) in [6.07, 6.45) is 2.20. The third kappa shape index (κ3) is 4.35. The van der Waals surface area contributed by atoms with Crippen LogP contribution in [-0.2, 0) is 14.8 Å². The number of fused-ring (bicyclic) bond motifs is 1. The normalized spacial score (nSPS) is 29.7. The van der Waals surface area contributed by atoms with Crippen LogP contribution in [0.4, 0.5) is 10.5 Å². The maximum atomic E-state index is 12.9. The van der Waals surface area contributed by atoms with Crippen molar-refractivity contribution in [2.45, 2.75) is 80.0 Å². The van der Waals surface area contributed by atoms with E-state index in [2.05, 4.69) is 23.9 Å². The van der Waals surface area contributed by atoms with Gasteiger partial charge in [-0.25, -0.2) is 17.9 Å². The molecule has 1 saturated carbocycles. The largest absolute Gasteiger partial charge is 0.449 e. The van der Waals surface area contributed by atoms with Crippen LogP contribution in [0.25, 0.3) is 0 Å². The second-order valence-corrected chi connectivity index (χ2v) is 12.2. The van der Waals surface area contributed by atoms with E-state index in [1.54, 1.807) is 24.0 Å². The summed E-state index contributed by atoms with van der Waals surface area (Å²) in [6, 6.07) is 5.57. The quantitative estimate of drug-likeness (QED) is 0.686. The van der Waals surface area contributed by atoms with Gasteiger partial charge in [0, 0.05) is 29.3 Å². The standard InChI is InChI=1S/C21H31N3O4S2/c1-5-28-20(25)24-12-15(10-19-13(2)22-14(3)29-19)17-7-6-16(11-18(17)24)30(26,27)23-21(4)8-9-21/h6-7,11,13-15,19,22-23H,5,8-10,12H2,1-4H3. The number of nitrogens with one attached hydrogen (secondary N) is 2. The SMILES string of the molecule is CCOC(=O)N1CC(CC2SC(C)NC2C)c2ccc(S(=O)(=O)NC3(C)CC3)cc21. The molecule has 7 nitrogen and oxygen atoms in total. The van der Waals surface area contributed by atoms with Crippen LogP contribution in [0.2, 0.25) is 0 Å². The summed E-state index contributed by atoms with van der Waals surface area (Å²) in [5, 5.41) is 4.40. The van der Waals surface area contributed by atoms with Gasteiger partial charge < -0.3 is 10.1 Å². The minimum absolute atomic E-state index is 0.155. The zero-order valence-electron chi connectivity index (χ0n) is 18.0. The fourth-order valence-corrected chi connectivity index (χ4v) is 7.33. The molecule has 3 aliphatic rings. The molecule has 4 rings (SSSR count). The lowest BCUT2D eigenvalue weighted by atomic mass is 9.94. The number of anilines is 1. The topological polar surface area (TPSA) is 87.7 Å². The first-order chi connectivity index (χ1) is 14.1. The van der Waals surface area contributed by atoms with Gasteiger partial charge in [0.15, 0.2) is 0 Å². The molecule has 2 N–H and O–H groups in total. The van der Waals surface area contributed by atoms with Crippen LogP contribution in [0.5, 0.6) is 0 Å². The molecule has 2 fully saturated rings. The van der Waals surface area contributed by atoms with Gasteiger partial charge in [-0.05, 0) is 64.7 Å². The number of benzene rings is 1. The van der Waals surface area contributed by atoms with Gasteiger partial charge in [0.2, 0.25) is 10.0 Å². The number of rotatable bonds is 6. The molecule has 2 aliphatic heterocycles. The van der Waals surface area contributed by atoms with Crippen molar-refractivity contribution in [3.8, 4) is 0 Å². The molecule has 166 valence electrons. The van der Waals surface area contributed by atoms with Gasteiger partial charge in [0.1, 0.15) is 0 Å². The van der Waals surface area contributed by atoms with Crippen molar-refractivity contribution < 1.29 is 17.9 Å². The fraction of sp³-hybridized carbons (Fsp3) is 0.667. The monoisotopic (exact) mass is 453 g/mol. The molecule has 0 radical (unpaired) electrons. The molecule has 4 unspecified atom stereocenters. The van der Waals surface area contributed by atoms with E-state index in [1.165, 1.54) is 0 Å². The van der Waals surface area contributed by atoms with Crippen molar-refractivity contribution in [1.82, 2.24) is 10.0 Å². The predicted octanol–water partition coefficient (Wildman–Crippen LogP) is 3.41. The van der Waals surface area contributed by atoms with Gasteiger partial charge in [-0.3, -0.25) is 4.90 Å². The highest BCUT2D eigenvalue weighted by Gasteiger charge is 2.42. The third-order valence-corrected chi connectivity index (χ3v) is 9.40. The van der Waals surface area contributed by atoms with Crippen molar-refractivity contribution >= 4 is 33.6 Å². The van der Waals surface area contributed by atoms with Gasteiger partial charge in [0.05, 0.1) is 22.6 Å². The minimum Gasteiger partial charge on any atom is -0.449 e. The van der Waals surface area contributed by atoms with Gasteiger partial charge in [-0.2, -0.15) is 0 Å². The van der Waals surface area contributed by atoms with Crippen molar-refractivity contribution in [3.63, 3.8) is 0 Å². The van der Waals surface area contributed by atoms with Crippen LogP contribution in [0.15, 0.2) is 23.1 Å². The average Bonchev–Trinajstić information content (AvgIpc) is 3.14. The first-order valence-corrected chi connectivity index (χ1v) is 13.1. The summed E-state index contributed by atoms with van der Waals surface area (Å²) in [7, 11) is -3.64. The lowest BCUT2D eigenvalue weighted by molar-refractivity contribution is 0.160. The number of sulfonamides is 1. The molecule has 1 saturated heterocycles. The van der Waals surface area contributed by atoms with Crippen LogP contribution in [-0.4, -0.2) is 49.9 Å². The van der Waals surface area contributed by atoms with Crippen molar-refractivity contribution in [3.05, 3.63) is 23.8 Å². The number of ether oxygens (including phenoxy) is 1. The maximum Gasteiger partial charge on any atom is 0.414 e. The lowest BCUT2D eigenvalue weighted by Crippen LogP contribution is -2.34. The third-order valence-electron chi connectivity index (χ3n) is 6.27. The highest BCUT2D eigenvalue weighted by molar-refractivity contribution is 8.00. The van der Waals surface area contributed by atoms with Crippen LogP contribution in [0.1, 0.15) is 58.4 Å². The summed E-state index contributed by atoms with van der Waals surface area (Å²) in [4.78, 5) is 14.4. The molecule has 4 atom stereocenters. The van der Waals surface area contributed by atoms with Crippen LogP contribution < -0.4 is 14.9 Å². The first kappa shape index (κ1) is 21.9. The summed E-state index contributed by atoms with van der Waals surface area (Å²) in [6.45, 7) is 8.84. The number of hydrogen-bond donors (Lipinski definition) is 2.